The van der Waals surface area contributed by atoms with Gasteiger partial charge in [-0.3, -0.25) is 14.5 Å². The summed E-state index contributed by atoms with van der Waals surface area (Å²) in [6.45, 7) is 1.60. The molecule has 1 amide bonds. The predicted octanol–water partition coefficient (Wildman–Crippen LogP) is 4.36. The number of aliphatic carboxylic acids is 1. The van der Waals surface area contributed by atoms with Gasteiger partial charge in [0.15, 0.2) is 11.6 Å². The summed E-state index contributed by atoms with van der Waals surface area (Å²) >= 11 is 6.19. The van der Waals surface area contributed by atoms with Crippen molar-refractivity contribution in [1.82, 2.24) is 14.7 Å². The van der Waals surface area contributed by atoms with Crippen LogP contribution in [-0.2, 0) is 9.59 Å². The summed E-state index contributed by atoms with van der Waals surface area (Å²) in [6.07, 6.45) is 3.32. The first kappa shape index (κ1) is 22.7. The number of thioether (sulfide) groups is 1. The molecule has 0 radical (unpaired) electrons. The lowest BCUT2D eigenvalue weighted by Crippen LogP contribution is -2.33. The molecule has 1 aromatic heterocycles. The smallest absolute Gasteiger partial charge is 0.323 e. The fraction of sp³-hybridized carbons (Fsp3) is 0.130. The number of thiocarbonyl (C=S) groups is 1. The molecule has 33 heavy (non-hydrogen) atoms. The Morgan fingerprint density at radius 2 is 2.03 bits per heavy atom. The molecule has 0 atom stereocenters. The van der Waals surface area contributed by atoms with Gasteiger partial charge in [0.05, 0.1) is 17.2 Å². The van der Waals surface area contributed by atoms with E-state index in [1.807, 2.05) is 30.3 Å². The number of carbonyl (C=O) groups excluding carboxylic acids is 1. The van der Waals surface area contributed by atoms with Crippen LogP contribution in [0.15, 0.2) is 59.6 Å². The molecule has 1 saturated heterocycles. The summed E-state index contributed by atoms with van der Waals surface area (Å²) < 4.78 is 21.6. The highest BCUT2D eigenvalue weighted by Gasteiger charge is 2.33. The molecule has 0 aliphatic carbocycles. The normalized spacial score (nSPS) is 14.8. The number of carboxylic acid groups (broad SMARTS) is 1. The number of hydrogen-bond donors (Lipinski definition) is 1. The predicted molar refractivity (Wildman–Crippen MR) is 128 cm³/mol. The van der Waals surface area contributed by atoms with Crippen molar-refractivity contribution in [2.24, 2.45) is 0 Å². The minimum Gasteiger partial charge on any atom is -0.491 e. The maximum atomic E-state index is 14.6. The summed E-state index contributed by atoms with van der Waals surface area (Å²) in [7, 11) is 0. The zero-order chi connectivity index (χ0) is 23.5. The van der Waals surface area contributed by atoms with E-state index in [-0.39, 0.29) is 15.0 Å². The summed E-state index contributed by atoms with van der Waals surface area (Å²) in [4.78, 5) is 25.1. The number of carbonyl (C=O) groups is 2. The van der Waals surface area contributed by atoms with Crippen molar-refractivity contribution >= 4 is 46.3 Å². The average molecular weight is 484 g/mol. The third-order valence-electron chi connectivity index (χ3n) is 4.72. The van der Waals surface area contributed by atoms with Gasteiger partial charge in [-0.25, -0.2) is 9.07 Å². The second-order valence-electron chi connectivity index (χ2n) is 6.95. The van der Waals surface area contributed by atoms with Crippen molar-refractivity contribution in [2.75, 3.05) is 13.2 Å². The lowest BCUT2D eigenvalue weighted by molar-refractivity contribution is -0.140. The van der Waals surface area contributed by atoms with Crippen LogP contribution in [0.1, 0.15) is 12.5 Å². The summed E-state index contributed by atoms with van der Waals surface area (Å²) in [5.41, 5.74) is 2.28. The largest absolute Gasteiger partial charge is 0.491 e. The van der Waals surface area contributed by atoms with E-state index in [1.165, 1.54) is 12.1 Å². The Labute approximate surface area is 198 Å². The first-order valence-corrected chi connectivity index (χ1v) is 11.1. The number of halogens is 1. The van der Waals surface area contributed by atoms with Gasteiger partial charge in [-0.15, -0.1) is 0 Å². The number of aromatic nitrogens is 2. The number of benzene rings is 2. The van der Waals surface area contributed by atoms with E-state index in [0.717, 1.165) is 22.3 Å². The van der Waals surface area contributed by atoms with Crippen LogP contribution >= 0.6 is 24.0 Å². The first-order valence-electron chi connectivity index (χ1n) is 9.92. The number of carboxylic acids is 1. The molecule has 1 N–H and O–H groups in total. The van der Waals surface area contributed by atoms with Crippen molar-refractivity contribution in [2.45, 2.75) is 6.92 Å². The second kappa shape index (κ2) is 9.55. The molecule has 0 saturated carbocycles. The van der Waals surface area contributed by atoms with Crippen molar-refractivity contribution in [3.8, 4) is 22.7 Å². The molecule has 1 fully saturated rings. The molecule has 168 valence electrons. The maximum absolute atomic E-state index is 14.6. The van der Waals surface area contributed by atoms with Crippen LogP contribution in [0.4, 0.5) is 4.39 Å². The number of rotatable bonds is 7. The third-order valence-corrected chi connectivity index (χ3v) is 6.10. The molecule has 3 aromatic rings. The van der Waals surface area contributed by atoms with E-state index in [0.29, 0.717) is 23.4 Å². The quantitative estimate of drug-likeness (QED) is 0.395. The van der Waals surface area contributed by atoms with Crippen LogP contribution in [0, 0.1) is 5.82 Å². The van der Waals surface area contributed by atoms with Crippen LogP contribution in [0.25, 0.3) is 23.0 Å². The Bertz CT molecular complexity index is 1270. The van der Waals surface area contributed by atoms with Crippen LogP contribution in [-0.4, -0.2) is 49.1 Å². The van der Waals surface area contributed by atoms with Crippen LogP contribution in [0.5, 0.6) is 5.75 Å². The van der Waals surface area contributed by atoms with Gasteiger partial charge in [-0.1, -0.05) is 42.2 Å². The molecule has 2 aromatic carbocycles. The molecule has 7 nitrogen and oxygen atoms in total. The van der Waals surface area contributed by atoms with E-state index in [9.17, 15) is 14.0 Å². The minimum absolute atomic E-state index is 0.139. The molecule has 1 aliphatic rings. The highest BCUT2D eigenvalue weighted by Crippen LogP contribution is 2.35. The first-order chi connectivity index (χ1) is 15.9. The van der Waals surface area contributed by atoms with Crippen LogP contribution in [0.2, 0.25) is 0 Å². The van der Waals surface area contributed by atoms with Crippen LogP contribution in [0.3, 0.4) is 0 Å². The molecular weight excluding hydrogens is 465 g/mol. The number of amides is 1. The zero-order valence-electron chi connectivity index (χ0n) is 17.4. The molecule has 4 rings (SSSR count). The molecule has 0 bridgehead atoms. The SMILES string of the molecule is CCOc1ccc(-c2nn(-c3ccccc3)cc2C=C2SC(=S)N(CC(=O)O)C2=O)cc1F. The number of hydrogen-bond acceptors (Lipinski definition) is 6. The second-order valence-corrected chi connectivity index (χ2v) is 8.63. The molecule has 0 spiro atoms. The number of para-hydroxylation sites is 1. The summed E-state index contributed by atoms with van der Waals surface area (Å²) in [5, 5.41) is 13.7. The van der Waals surface area contributed by atoms with Gasteiger partial charge in [0.2, 0.25) is 0 Å². The standard InChI is InChI=1S/C23H18FN3O4S2/c1-2-31-18-9-8-14(10-17(18)24)21-15(12-27(25-21)16-6-4-3-5-7-16)11-19-22(30)26(13-20(28)29)23(32)33-19/h3-12H,2,13H2,1H3,(H,28,29). The zero-order valence-corrected chi connectivity index (χ0v) is 19.0. The Balaban J connectivity index is 1.79. The van der Waals surface area contributed by atoms with Gasteiger partial charge in [0.1, 0.15) is 16.6 Å². The third kappa shape index (κ3) is 4.81. The van der Waals surface area contributed by atoms with Crippen LogP contribution < -0.4 is 4.74 Å². The molecule has 2 heterocycles. The van der Waals surface area contributed by atoms with Gasteiger partial charge in [-0.2, -0.15) is 5.10 Å². The molecule has 10 heteroatoms. The minimum atomic E-state index is -1.16. The van der Waals surface area contributed by atoms with Crippen molar-refractivity contribution in [3.63, 3.8) is 0 Å². The average Bonchev–Trinajstić information content (AvgIpc) is 3.32. The Morgan fingerprint density at radius 3 is 2.70 bits per heavy atom. The fourth-order valence-corrected chi connectivity index (χ4v) is 4.51. The topological polar surface area (TPSA) is 84.7 Å². The van der Waals surface area contributed by atoms with Crippen molar-refractivity contribution < 1.29 is 23.8 Å². The van der Waals surface area contributed by atoms with Crippen molar-refractivity contribution in [1.29, 1.82) is 0 Å². The van der Waals surface area contributed by atoms with E-state index < -0.39 is 24.2 Å². The van der Waals surface area contributed by atoms with Gasteiger partial charge >= 0.3 is 5.97 Å². The van der Waals surface area contributed by atoms with Gasteiger partial charge < -0.3 is 9.84 Å². The maximum Gasteiger partial charge on any atom is 0.323 e. The Morgan fingerprint density at radius 1 is 1.27 bits per heavy atom. The lowest BCUT2D eigenvalue weighted by atomic mass is 10.1. The lowest BCUT2D eigenvalue weighted by Gasteiger charge is -2.10. The molecule has 0 unspecified atom stereocenters. The molecule has 1 aliphatic heterocycles. The van der Waals surface area contributed by atoms with E-state index >= 15 is 0 Å². The fourth-order valence-electron chi connectivity index (χ4n) is 3.26. The Hall–Kier alpha value is -3.50. The van der Waals surface area contributed by atoms with Crippen molar-refractivity contribution in [3.05, 3.63) is 71.0 Å². The van der Waals surface area contributed by atoms with E-state index in [4.69, 9.17) is 22.1 Å². The van der Waals surface area contributed by atoms with E-state index in [1.54, 1.807) is 29.9 Å². The summed E-state index contributed by atoms with van der Waals surface area (Å²) in [5.74, 6) is -2.04. The monoisotopic (exact) mass is 483 g/mol. The van der Waals surface area contributed by atoms with Gasteiger partial charge in [0.25, 0.3) is 5.91 Å². The van der Waals surface area contributed by atoms with Gasteiger partial charge in [0, 0.05) is 17.3 Å². The summed E-state index contributed by atoms with van der Waals surface area (Å²) in [6, 6.07) is 13.9. The highest BCUT2D eigenvalue weighted by molar-refractivity contribution is 8.26. The number of nitrogens with zero attached hydrogens (tertiary/aromatic N) is 3. The highest BCUT2D eigenvalue weighted by atomic mass is 32.2. The van der Waals surface area contributed by atoms with E-state index in [2.05, 4.69) is 5.10 Å². The Kier molecular flexibility index (Phi) is 6.57. The number of ether oxygens (including phenoxy) is 1. The molecular formula is C23H18FN3O4S2. The van der Waals surface area contributed by atoms with Gasteiger partial charge in [-0.05, 0) is 43.3 Å².